The second kappa shape index (κ2) is 7.86. The fraction of sp³-hybridized carbons (Fsp3) is 0.320. The highest BCUT2D eigenvalue weighted by molar-refractivity contribution is 6.01. The van der Waals surface area contributed by atoms with Gasteiger partial charge >= 0.3 is 0 Å². The molecule has 1 atom stereocenters. The van der Waals surface area contributed by atoms with Crippen molar-refractivity contribution in [3.63, 3.8) is 0 Å². The Morgan fingerprint density at radius 2 is 2.09 bits per heavy atom. The fourth-order valence-corrected chi connectivity index (χ4v) is 4.48. The van der Waals surface area contributed by atoms with Gasteiger partial charge in [-0.1, -0.05) is 11.2 Å². The van der Waals surface area contributed by atoms with Gasteiger partial charge in [-0.05, 0) is 55.7 Å². The molecule has 1 saturated heterocycles. The summed E-state index contributed by atoms with van der Waals surface area (Å²) in [7, 11) is 1.65. The first-order chi connectivity index (χ1) is 16.5. The van der Waals surface area contributed by atoms with Gasteiger partial charge in [0.05, 0.1) is 43.3 Å². The van der Waals surface area contributed by atoms with E-state index in [9.17, 15) is 4.39 Å². The lowest BCUT2D eigenvalue weighted by molar-refractivity contribution is -0.00496. The van der Waals surface area contributed by atoms with E-state index in [4.69, 9.17) is 14.3 Å². The molecule has 4 heterocycles. The van der Waals surface area contributed by atoms with Crippen LogP contribution in [0.1, 0.15) is 35.8 Å². The highest BCUT2D eigenvalue weighted by Crippen LogP contribution is 2.48. The number of aryl methyl sites for hydroxylation is 1. The number of halogens is 1. The van der Waals surface area contributed by atoms with Crippen LogP contribution in [0.5, 0.6) is 5.75 Å². The molecule has 0 radical (unpaired) electrons. The monoisotopic (exact) mass is 461 g/mol. The molecule has 0 N–H and O–H groups in total. The van der Waals surface area contributed by atoms with Crippen molar-refractivity contribution >= 4 is 11.9 Å². The highest BCUT2D eigenvalue weighted by atomic mass is 19.1. The summed E-state index contributed by atoms with van der Waals surface area (Å²) in [6, 6.07) is 8.91. The van der Waals surface area contributed by atoms with Crippen LogP contribution < -0.4 is 4.74 Å². The average molecular weight is 461 g/mol. The minimum Gasteiger partial charge on any atom is -0.495 e. The van der Waals surface area contributed by atoms with Gasteiger partial charge < -0.3 is 23.8 Å². The molecular formula is C25H24FN5O3. The third-order valence-electron chi connectivity index (χ3n) is 6.43. The molecule has 2 aromatic heterocycles. The van der Waals surface area contributed by atoms with Crippen LogP contribution in [0.15, 0.2) is 60.0 Å². The van der Waals surface area contributed by atoms with Gasteiger partial charge in [-0.25, -0.2) is 9.37 Å². The number of ether oxygens (including phenoxy) is 2. The summed E-state index contributed by atoms with van der Waals surface area (Å²) >= 11 is 0. The molecule has 1 aromatic carbocycles. The quantitative estimate of drug-likeness (QED) is 0.585. The van der Waals surface area contributed by atoms with Crippen molar-refractivity contribution in [2.75, 3.05) is 20.3 Å². The lowest BCUT2D eigenvalue weighted by Crippen LogP contribution is -2.51. The first-order valence-electron chi connectivity index (χ1n) is 11.2. The first-order valence-corrected chi connectivity index (χ1v) is 11.2. The molecule has 8 nitrogen and oxygen atoms in total. The van der Waals surface area contributed by atoms with Gasteiger partial charge in [-0.15, -0.1) is 0 Å². The fourth-order valence-electron chi connectivity index (χ4n) is 4.48. The lowest BCUT2D eigenvalue weighted by Gasteiger charge is -2.43. The number of morpholine rings is 1. The van der Waals surface area contributed by atoms with Crippen LogP contribution in [0.3, 0.4) is 0 Å². The smallest absolute Gasteiger partial charge is 0.211 e. The van der Waals surface area contributed by atoms with Crippen molar-refractivity contribution in [3.8, 4) is 11.4 Å². The number of hydrogen-bond acceptors (Lipinski definition) is 7. The van der Waals surface area contributed by atoms with Gasteiger partial charge in [0.1, 0.15) is 29.8 Å². The molecule has 3 aliphatic rings. The van der Waals surface area contributed by atoms with E-state index in [0.717, 1.165) is 41.2 Å². The summed E-state index contributed by atoms with van der Waals surface area (Å²) in [6.07, 6.45) is 8.86. The number of imidazole rings is 1. The van der Waals surface area contributed by atoms with Crippen molar-refractivity contribution in [2.24, 2.45) is 5.16 Å². The minimum absolute atomic E-state index is 0.167. The number of methoxy groups -OCH3 is 1. The van der Waals surface area contributed by atoms with E-state index < -0.39 is 0 Å². The molecule has 2 fully saturated rings. The molecule has 1 spiro atoms. The number of hydrogen-bond donors (Lipinski definition) is 0. The van der Waals surface area contributed by atoms with Crippen LogP contribution in [-0.2, 0) is 9.57 Å². The molecular weight excluding hydrogens is 437 g/mol. The number of aromatic nitrogens is 3. The van der Waals surface area contributed by atoms with Gasteiger partial charge in [0.15, 0.2) is 5.76 Å². The Labute approximate surface area is 196 Å². The third-order valence-corrected chi connectivity index (χ3v) is 6.43. The molecule has 1 aliphatic carbocycles. The molecule has 9 heteroatoms. The number of fused-ring (bicyclic) bond motifs is 1. The minimum atomic E-state index is -0.362. The maximum absolute atomic E-state index is 13.4. The van der Waals surface area contributed by atoms with Gasteiger partial charge in [-0.2, -0.15) is 0 Å². The third kappa shape index (κ3) is 3.67. The zero-order valence-electron chi connectivity index (χ0n) is 18.9. The van der Waals surface area contributed by atoms with Crippen LogP contribution >= 0.6 is 0 Å². The Morgan fingerprint density at radius 3 is 2.79 bits per heavy atom. The molecule has 0 amide bonds. The Hall–Kier alpha value is -3.88. The first kappa shape index (κ1) is 20.7. The van der Waals surface area contributed by atoms with Gasteiger partial charge in [0.25, 0.3) is 0 Å². The van der Waals surface area contributed by atoms with Gasteiger partial charge in [0.2, 0.25) is 5.84 Å². The van der Waals surface area contributed by atoms with Gasteiger partial charge in [-0.3, -0.25) is 4.98 Å². The van der Waals surface area contributed by atoms with E-state index in [0.29, 0.717) is 24.7 Å². The SMILES string of the molecule is COc1cc(/C=C2\OC3(CC3)CN3C2=NOCC3c2ccc(F)cn2)ccc1-n1cnc(C)c1. The number of rotatable bonds is 4. The number of amidine groups is 1. The summed E-state index contributed by atoms with van der Waals surface area (Å²) in [6.45, 7) is 2.99. The van der Waals surface area contributed by atoms with E-state index >= 15 is 0 Å². The van der Waals surface area contributed by atoms with Crippen molar-refractivity contribution in [1.29, 1.82) is 0 Å². The summed E-state index contributed by atoms with van der Waals surface area (Å²) in [5.74, 6) is 1.62. The maximum atomic E-state index is 13.4. The van der Waals surface area contributed by atoms with Crippen molar-refractivity contribution < 1.29 is 18.7 Å². The van der Waals surface area contributed by atoms with E-state index in [1.807, 2.05) is 42.0 Å². The van der Waals surface area contributed by atoms with E-state index in [1.54, 1.807) is 19.5 Å². The molecule has 1 unspecified atom stereocenters. The second-order valence-corrected chi connectivity index (χ2v) is 8.90. The summed E-state index contributed by atoms with van der Waals surface area (Å²) in [5.41, 5.74) is 3.25. The van der Waals surface area contributed by atoms with Crippen molar-refractivity contribution in [1.82, 2.24) is 19.4 Å². The molecule has 174 valence electrons. The molecule has 34 heavy (non-hydrogen) atoms. The molecule has 1 saturated carbocycles. The molecule has 6 rings (SSSR count). The molecule has 0 bridgehead atoms. The zero-order chi connectivity index (χ0) is 23.3. The maximum Gasteiger partial charge on any atom is 0.211 e. The second-order valence-electron chi connectivity index (χ2n) is 8.90. The largest absolute Gasteiger partial charge is 0.495 e. The van der Waals surface area contributed by atoms with Crippen molar-refractivity contribution in [3.05, 3.63) is 77.6 Å². The highest BCUT2D eigenvalue weighted by Gasteiger charge is 2.54. The number of benzene rings is 1. The number of nitrogens with zero attached hydrogens (tertiary/aromatic N) is 5. The predicted molar refractivity (Wildman–Crippen MR) is 123 cm³/mol. The Kier molecular flexibility index (Phi) is 4.79. The molecule has 2 aliphatic heterocycles. The van der Waals surface area contributed by atoms with Crippen molar-refractivity contribution in [2.45, 2.75) is 31.4 Å². The van der Waals surface area contributed by atoms with E-state index in [2.05, 4.69) is 20.0 Å². The van der Waals surface area contributed by atoms with Crippen LogP contribution in [0, 0.1) is 12.7 Å². The van der Waals surface area contributed by atoms with E-state index in [1.165, 1.54) is 12.3 Å². The lowest BCUT2D eigenvalue weighted by atomic mass is 10.1. The summed E-state index contributed by atoms with van der Waals surface area (Å²) in [4.78, 5) is 16.3. The Balaban J connectivity index is 1.36. The normalized spacial score (nSPS) is 21.5. The van der Waals surface area contributed by atoms with E-state index in [-0.39, 0.29) is 17.5 Å². The summed E-state index contributed by atoms with van der Waals surface area (Å²) < 4.78 is 27.5. The number of oxime groups is 1. The standard InChI is InChI=1S/C25H24FN5O3/c1-16-12-30(15-28-16)20-6-3-17(9-22(20)32-2)10-23-24-29-33-13-21(19-5-4-18(26)11-27-19)31(24)14-25(34-23)7-8-25/h3-6,9-12,15,21H,7-8,13-14H2,1-2H3/b23-10-. The van der Waals surface area contributed by atoms with Crippen LogP contribution in [0.4, 0.5) is 4.39 Å². The topological polar surface area (TPSA) is 74.0 Å². The van der Waals surface area contributed by atoms with Crippen LogP contribution in [-0.4, -0.2) is 51.1 Å². The number of pyridine rings is 1. The Morgan fingerprint density at radius 1 is 1.21 bits per heavy atom. The average Bonchev–Trinajstić information content (AvgIpc) is 3.44. The predicted octanol–water partition coefficient (Wildman–Crippen LogP) is 4.01. The summed E-state index contributed by atoms with van der Waals surface area (Å²) in [5, 5.41) is 4.33. The van der Waals surface area contributed by atoms with Crippen LogP contribution in [0.2, 0.25) is 0 Å². The Bertz CT molecular complexity index is 1300. The zero-order valence-corrected chi connectivity index (χ0v) is 18.9. The van der Waals surface area contributed by atoms with Crippen LogP contribution in [0.25, 0.3) is 11.8 Å². The molecule has 3 aromatic rings. The van der Waals surface area contributed by atoms with Gasteiger partial charge in [0, 0.05) is 6.20 Å².